The third-order valence-electron chi connectivity index (χ3n) is 3.20. The number of carbonyl (C=O) groups excluding carboxylic acids is 1. The van der Waals surface area contributed by atoms with Gasteiger partial charge in [-0.3, -0.25) is 10.1 Å². The number of ether oxygens (including phenoxy) is 1. The Kier molecular flexibility index (Phi) is 5.14. The fraction of sp³-hybridized carbons (Fsp3) is 0.0588. The molecule has 0 bridgehead atoms. The predicted octanol–water partition coefficient (Wildman–Crippen LogP) is 4.25. The summed E-state index contributed by atoms with van der Waals surface area (Å²) in [6.45, 7) is -0.158. The van der Waals surface area contributed by atoms with Gasteiger partial charge in [0.15, 0.2) is 12.4 Å². The van der Waals surface area contributed by atoms with Crippen molar-refractivity contribution in [1.29, 1.82) is 0 Å². The Bertz CT molecular complexity index is 958. The molecule has 2 heterocycles. The van der Waals surface area contributed by atoms with Crippen LogP contribution < -0.4 is 0 Å². The maximum atomic E-state index is 11.7. The highest BCUT2D eigenvalue weighted by molar-refractivity contribution is 6.30. The van der Waals surface area contributed by atoms with Crippen molar-refractivity contribution in [2.45, 2.75) is 6.61 Å². The summed E-state index contributed by atoms with van der Waals surface area (Å²) in [5.41, 5.74) is 0.791. The van der Waals surface area contributed by atoms with Gasteiger partial charge in [0.05, 0.1) is 12.3 Å². The van der Waals surface area contributed by atoms with Crippen molar-refractivity contribution in [3.63, 3.8) is 0 Å². The highest BCUT2D eigenvalue weighted by Gasteiger charge is 2.11. The molecule has 3 rings (SSSR count). The molecule has 0 radical (unpaired) electrons. The number of aromatic nitrogens is 1. The topological polar surface area (TPSA) is 109 Å². The first-order valence-corrected chi connectivity index (χ1v) is 7.69. The van der Waals surface area contributed by atoms with Crippen molar-refractivity contribution in [2.24, 2.45) is 0 Å². The lowest BCUT2D eigenvalue weighted by Crippen LogP contribution is -2.00. The van der Waals surface area contributed by atoms with Gasteiger partial charge in [-0.2, -0.15) is 0 Å². The second-order valence-corrected chi connectivity index (χ2v) is 5.44. The number of furan rings is 1. The summed E-state index contributed by atoms with van der Waals surface area (Å²) in [6, 6.07) is 9.57. The molecular formula is C17H11ClN2O6. The SMILES string of the molecule is O=C(/C=C/c1ccc([N+](=O)[O-])o1)OCc1ncc(-c2ccc(Cl)cc2)o1. The zero-order valence-corrected chi connectivity index (χ0v) is 13.9. The molecule has 1 aromatic carbocycles. The molecule has 26 heavy (non-hydrogen) atoms. The summed E-state index contributed by atoms with van der Waals surface area (Å²) in [5, 5.41) is 11.1. The molecule has 0 saturated heterocycles. The van der Waals surface area contributed by atoms with Crippen molar-refractivity contribution >= 4 is 29.5 Å². The van der Waals surface area contributed by atoms with Crippen LogP contribution in [0.3, 0.4) is 0 Å². The quantitative estimate of drug-likeness (QED) is 0.274. The number of hydrogen-bond donors (Lipinski definition) is 0. The molecule has 0 aliphatic carbocycles. The van der Waals surface area contributed by atoms with Crippen LogP contribution in [0.1, 0.15) is 11.7 Å². The van der Waals surface area contributed by atoms with Gasteiger partial charge in [-0.15, -0.1) is 0 Å². The molecule has 0 aliphatic rings. The van der Waals surface area contributed by atoms with Crippen LogP contribution >= 0.6 is 11.6 Å². The van der Waals surface area contributed by atoms with Crippen LogP contribution in [0.5, 0.6) is 0 Å². The smallest absolute Gasteiger partial charge is 0.433 e. The maximum Gasteiger partial charge on any atom is 0.433 e. The van der Waals surface area contributed by atoms with E-state index in [9.17, 15) is 14.9 Å². The minimum atomic E-state index is -0.671. The fourth-order valence-corrected chi connectivity index (χ4v) is 2.11. The number of rotatable bonds is 6. The Hall–Kier alpha value is -3.39. The van der Waals surface area contributed by atoms with Gasteiger partial charge in [-0.25, -0.2) is 9.78 Å². The number of benzene rings is 1. The van der Waals surface area contributed by atoms with Crippen LogP contribution in [0.15, 0.2) is 57.5 Å². The molecule has 0 amide bonds. The normalized spacial score (nSPS) is 11.0. The van der Waals surface area contributed by atoms with Gasteiger partial charge in [-0.05, 0) is 36.4 Å². The van der Waals surface area contributed by atoms with E-state index in [-0.39, 0.29) is 18.3 Å². The average molecular weight is 375 g/mol. The average Bonchev–Trinajstić information content (AvgIpc) is 3.28. The minimum Gasteiger partial charge on any atom is -0.453 e. The Morgan fingerprint density at radius 2 is 2.00 bits per heavy atom. The molecule has 0 fully saturated rings. The third kappa shape index (κ3) is 4.37. The lowest BCUT2D eigenvalue weighted by atomic mass is 10.2. The van der Waals surface area contributed by atoms with E-state index < -0.39 is 16.8 Å². The standard InChI is InChI=1S/C17H11ClN2O6/c18-12-3-1-11(2-4-12)14-9-19-15(26-14)10-24-17(21)8-6-13-5-7-16(25-13)20(22)23/h1-9H,10H2/b8-6+. The van der Waals surface area contributed by atoms with Crippen LogP contribution in [0, 0.1) is 10.1 Å². The van der Waals surface area contributed by atoms with Gasteiger partial charge < -0.3 is 13.6 Å². The van der Waals surface area contributed by atoms with Crippen LogP contribution in [0.25, 0.3) is 17.4 Å². The van der Waals surface area contributed by atoms with E-state index in [1.807, 2.05) is 0 Å². The first-order chi connectivity index (χ1) is 12.5. The summed E-state index contributed by atoms with van der Waals surface area (Å²) in [4.78, 5) is 25.5. The molecule has 0 spiro atoms. The molecule has 0 aliphatic heterocycles. The largest absolute Gasteiger partial charge is 0.453 e. The number of nitrogens with zero attached hydrogens (tertiary/aromatic N) is 2. The molecule has 2 aromatic heterocycles. The molecule has 3 aromatic rings. The fourth-order valence-electron chi connectivity index (χ4n) is 1.99. The lowest BCUT2D eigenvalue weighted by Gasteiger charge is -1.98. The molecular weight excluding hydrogens is 364 g/mol. The molecule has 132 valence electrons. The van der Waals surface area contributed by atoms with Gasteiger partial charge in [-0.1, -0.05) is 11.6 Å². The summed E-state index contributed by atoms with van der Waals surface area (Å²) in [6.07, 6.45) is 3.87. The van der Waals surface area contributed by atoms with Crippen molar-refractivity contribution < 1.29 is 23.3 Å². The monoisotopic (exact) mass is 374 g/mol. The van der Waals surface area contributed by atoms with Crippen molar-refractivity contribution in [1.82, 2.24) is 4.98 Å². The summed E-state index contributed by atoms with van der Waals surface area (Å²) in [5.74, 6) is -0.172. The maximum absolute atomic E-state index is 11.7. The summed E-state index contributed by atoms with van der Waals surface area (Å²) in [7, 11) is 0. The van der Waals surface area contributed by atoms with E-state index in [4.69, 9.17) is 25.2 Å². The Morgan fingerprint density at radius 3 is 2.69 bits per heavy atom. The van der Waals surface area contributed by atoms with E-state index in [0.29, 0.717) is 10.8 Å². The number of hydrogen-bond acceptors (Lipinski definition) is 7. The Labute approximate surface area is 151 Å². The van der Waals surface area contributed by atoms with Gasteiger partial charge in [0.25, 0.3) is 0 Å². The van der Waals surface area contributed by atoms with Gasteiger partial charge in [0.2, 0.25) is 5.89 Å². The van der Waals surface area contributed by atoms with Crippen molar-refractivity contribution in [3.8, 4) is 11.3 Å². The van der Waals surface area contributed by atoms with E-state index in [1.54, 1.807) is 24.3 Å². The molecule has 0 unspecified atom stereocenters. The van der Waals surface area contributed by atoms with Crippen LogP contribution in [0.4, 0.5) is 5.88 Å². The Balaban J connectivity index is 1.55. The van der Waals surface area contributed by atoms with Crippen LogP contribution in [-0.4, -0.2) is 15.9 Å². The number of oxazole rings is 1. The van der Waals surface area contributed by atoms with E-state index in [2.05, 4.69) is 4.98 Å². The van der Waals surface area contributed by atoms with E-state index >= 15 is 0 Å². The second-order valence-electron chi connectivity index (χ2n) is 5.00. The summed E-state index contributed by atoms with van der Waals surface area (Å²) < 4.78 is 15.4. The van der Waals surface area contributed by atoms with Crippen molar-refractivity contribution in [3.05, 3.63) is 75.5 Å². The highest BCUT2D eigenvalue weighted by atomic mass is 35.5. The zero-order valence-electron chi connectivity index (χ0n) is 13.1. The number of esters is 1. The molecule has 9 heteroatoms. The second kappa shape index (κ2) is 7.66. The number of halogens is 1. The first-order valence-electron chi connectivity index (χ1n) is 7.31. The predicted molar refractivity (Wildman–Crippen MR) is 91.1 cm³/mol. The van der Waals surface area contributed by atoms with Crippen molar-refractivity contribution in [2.75, 3.05) is 0 Å². The first kappa shape index (κ1) is 17.4. The van der Waals surface area contributed by atoms with E-state index in [0.717, 1.165) is 11.6 Å². The summed E-state index contributed by atoms with van der Waals surface area (Å²) >= 11 is 5.83. The van der Waals surface area contributed by atoms with Crippen LogP contribution in [-0.2, 0) is 16.1 Å². The molecule has 8 nitrogen and oxygen atoms in total. The molecule has 0 N–H and O–H groups in total. The highest BCUT2D eigenvalue weighted by Crippen LogP contribution is 2.22. The molecule has 0 saturated carbocycles. The van der Waals surface area contributed by atoms with Gasteiger partial charge in [0, 0.05) is 16.7 Å². The van der Waals surface area contributed by atoms with E-state index in [1.165, 1.54) is 24.4 Å². The van der Waals surface area contributed by atoms with Gasteiger partial charge >= 0.3 is 11.9 Å². The van der Waals surface area contributed by atoms with Gasteiger partial charge in [0.1, 0.15) is 10.7 Å². The minimum absolute atomic E-state index is 0.158. The number of nitro groups is 1. The molecule has 0 atom stereocenters. The lowest BCUT2D eigenvalue weighted by molar-refractivity contribution is -0.402. The number of carbonyl (C=O) groups is 1. The Morgan fingerprint density at radius 1 is 1.23 bits per heavy atom. The zero-order chi connectivity index (χ0) is 18.5. The third-order valence-corrected chi connectivity index (χ3v) is 3.45. The van der Waals surface area contributed by atoms with Crippen LogP contribution in [0.2, 0.25) is 5.02 Å².